The van der Waals surface area contributed by atoms with Crippen molar-refractivity contribution in [3.8, 4) is 0 Å². The van der Waals surface area contributed by atoms with Crippen molar-refractivity contribution in [3.05, 3.63) is 30.1 Å². The Kier molecular flexibility index (Phi) is 5.80. The van der Waals surface area contributed by atoms with E-state index >= 15 is 0 Å². The summed E-state index contributed by atoms with van der Waals surface area (Å²) < 4.78 is 0. The Labute approximate surface area is 117 Å². The molecular formula is C16H27N3. The van der Waals surface area contributed by atoms with Crippen LogP contribution in [0.3, 0.4) is 0 Å². The van der Waals surface area contributed by atoms with Crippen LogP contribution in [0.5, 0.6) is 0 Å². The van der Waals surface area contributed by atoms with E-state index in [4.69, 9.17) is 5.73 Å². The third kappa shape index (κ3) is 4.59. The predicted octanol–water partition coefficient (Wildman–Crippen LogP) is 2.81. The second-order valence-electron chi connectivity index (χ2n) is 5.91. The van der Waals surface area contributed by atoms with Gasteiger partial charge in [0.25, 0.3) is 0 Å². The monoisotopic (exact) mass is 261 g/mol. The third-order valence-corrected chi connectivity index (χ3v) is 4.38. The fourth-order valence-electron chi connectivity index (χ4n) is 3.17. The van der Waals surface area contributed by atoms with Crippen molar-refractivity contribution in [2.75, 3.05) is 13.6 Å². The van der Waals surface area contributed by atoms with Crippen LogP contribution < -0.4 is 5.73 Å². The van der Waals surface area contributed by atoms with Crippen molar-refractivity contribution < 1.29 is 0 Å². The van der Waals surface area contributed by atoms with Gasteiger partial charge in [0.05, 0.1) is 0 Å². The summed E-state index contributed by atoms with van der Waals surface area (Å²) in [5.41, 5.74) is 7.26. The number of aromatic nitrogens is 1. The molecule has 0 aromatic carbocycles. The van der Waals surface area contributed by atoms with E-state index in [1.807, 2.05) is 18.5 Å². The number of nitrogens with zero attached hydrogens (tertiary/aromatic N) is 2. The summed E-state index contributed by atoms with van der Waals surface area (Å²) in [5, 5.41) is 0. The molecule has 1 atom stereocenters. The first-order chi connectivity index (χ1) is 9.29. The van der Waals surface area contributed by atoms with E-state index in [9.17, 15) is 0 Å². The van der Waals surface area contributed by atoms with Gasteiger partial charge in [-0.25, -0.2) is 0 Å². The van der Waals surface area contributed by atoms with Crippen molar-refractivity contribution in [1.82, 2.24) is 9.88 Å². The van der Waals surface area contributed by atoms with Gasteiger partial charge in [0.1, 0.15) is 0 Å². The van der Waals surface area contributed by atoms with E-state index in [2.05, 4.69) is 23.0 Å². The third-order valence-electron chi connectivity index (χ3n) is 4.38. The number of rotatable bonds is 6. The molecule has 0 radical (unpaired) electrons. The first-order valence-corrected chi connectivity index (χ1v) is 7.59. The lowest BCUT2D eigenvalue weighted by atomic mass is 9.84. The molecule has 1 fully saturated rings. The van der Waals surface area contributed by atoms with Gasteiger partial charge in [0.2, 0.25) is 0 Å². The number of likely N-dealkylation sites (N-methyl/N-ethyl adjacent to an activating group) is 1. The molecule has 3 heteroatoms. The molecule has 1 saturated carbocycles. The summed E-state index contributed by atoms with van der Waals surface area (Å²) in [6, 6.07) is 4.64. The maximum atomic E-state index is 5.99. The van der Waals surface area contributed by atoms with Crippen LogP contribution in [-0.4, -0.2) is 29.5 Å². The zero-order valence-corrected chi connectivity index (χ0v) is 12.1. The van der Waals surface area contributed by atoms with Crippen molar-refractivity contribution in [3.63, 3.8) is 0 Å². The first-order valence-electron chi connectivity index (χ1n) is 7.59. The van der Waals surface area contributed by atoms with Crippen molar-refractivity contribution >= 4 is 0 Å². The quantitative estimate of drug-likeness (QED) is 0.856. The summed E-state index contributed by atoms with van der Waals surface area (Å²) in [5.74, 6) is 0.888. The Bertz CT molecular complexity index is 346. The van der Waals surface area contributed by atoms with Gasteiger partial charge >= 0.3 is 0 Å². The van der Waals surface area contributed by atoms with E-state index in [0.29, 0.717) is 6.04 Å². The molecule has 0 amide bonds. The van der Waals surface area contributed by atoms with Crippen LogP contribution in [0.1, 0.15) is 44.1 Å². The Morgan fingerprint density at radius 3 is 2.79 bits per heavy atom. The fraction of sp³-hybridized carbons (Fsp3) is 0.688. The van der Waals surface area contributed by atoms with E-state index < -0.39 is 0 Å². The molecule has 1 aliphatic carbocycles. The maximum Gasteiger partial charge on any atom is 0.0312 e. The SMILES string of the molecule is CN(Cc1cccnc1)C(CN)CC1CCCCC1. The summed E-state index contributed by atoms with van der Waals surface area (Å²) in [4.78, 5) is 6.58. The fourth-order valence-corrected chi connectivity index (χ4v) is 3.17. The zero-order valence-electron chi connectivity index (χ0n) is 12.1. The molecule has 0 spiro atoms. The van der Waals surface area contributed by atoms with Gasteiger partial charge in [-0.2, -0.15) is 0 Å². The lowest BCUT2D eigenvalue weighted by Crippen LogP contribution is -2.39. The summed E-state index contributed by atoms with van der Waals surface area (Å²) in [6.45, 7) is 1.70. The minimum absolute atomic E-state index is 0.503. The molecule has 1 aromatic heterocycles. The lowest BCUT2D eigenvalue weighted by Gasteiger charge is -2.32. The largest absolute Gasteiger partial charge is 0.329 e. The lowest BCUT2D eigenvalue weighted by molar-refractivity contribution is 0.185. The second kappa shape index (κ2) is 7.61. The molecule has 106 valence electrons. The van der Waals surface area contributed by atoms with E-state index in [-0.39, 0.29) is 0 Å². The summed E-state index contributed by atoms with van der Waals surface area (Å²) >= 11 is 0. The van der Waals surface area contributed by atoms with Crippen LogP contribution in [0.15, 0.2) is 24.5 Å². The molecule has 1 aliphatic rings. The number of hydrogen-bond donors (Lipinski definition) is 1. The van der Waals surface area contributed by atoms with Gasteiger partial charge in [-0.05, 0) is 31.0 Å². The standard InChI is InChI=1S/C16H27N3/c1-19(13-15-8-5-9-18-12-15)16(11-17)10-14-6-3-2-4-7-14/h5,8-9,12,14,16H,2-4,6-7,10-11,13,17H2,1H3. The molecule has 0 bridgehead atoms. The average molecular weight is 261 g/mol. The van der Waals surface area contributed by atoms with Gasteiger partial charge in [-0.15, -0.1) is 0 Å². The molecule has 0 aliphatic heterocycles. The minimum atomic E-state index is 0.503. The maximum absolute atomic E-state index is 5.99. The number of hydrogen-bond acceptors (Lipinski definition) is 3. The van der Waals surface area contributed by atoms with Gasteiger partial charge in [-0.3, -0.25) is 9.88 Å². The highest BCUT2D eigenvalue weighted by Crippen LogP contribution is 2.28. The highest BCUT2D eigenvalue weighted by molar-refractivity contribution is 5.08. The highest BCUT2D eigenvalue weighted by Gasteiger charge is 2.21. The van der Waals surface area contributed by atoms with Crippen molar-refractivity contribution in [1.29, 1.82) is 0 Å². The Morgan fingerprint density at radius 2 is 2.16 bits per heavy atom. The van der Waals surface area contributed by atoms with E-state index in [1.54, 1.807) is 0 Å². The molecule has 1 unspecified atom stereocenters. The molecule has 1 heterocycles. The predicted molar refractivity (Wildman–Crippen MR) is 79.7 cm³/mol. The van der Waals surface area contributed by atoms with Gasteiger partial charge < -0.3 is 5.73 Å². The molecule has 2 N–H and O–H groups in total. The molecule has 0 saturated heterocycles. The Morgan fingerprint density at radius 1 is 1.37 bits per heavy atom. The Balaban J connectivity index is 1.85. The molecule has 3 nitrogen and oxygen atoms in total. The molecule has 19 heavy (non-hydrogen) atoms. The highest BCUT2D eigenvalue weighted by atomic mass is 15.1. The molecular weight excluding hydrogens is 234 g/mol. The van der Waals surface area contributed by atoms with Gasteiger partial charge in [0.15, 0.2) is 0 Å². The van der Waals surface area contributed by atoms with Crippen LogP contribution in [-0.2, 0) is 6.54 Å². The molecule has 2 rings (SSSR count). The summed E-state index contributed by atoms with van der Waals surface area (Å²) in [6.07, 6.45) is 12.1. The van der Waals surface area contributed by atoms with Crippen LogP contribution in [0, 0.1) is 5.92 Å². The number of nitrogens with two attached hydrogens (primary N) is 1. The smallest absolute Gasteiger partial charge is 0.0312 e. The van der Waals surface area contributed by atoms with Gasteiger partial charge in [-0.1, -0.05) is 38.2 Å². The van der Waals surface area contributed by atoms with Crippen molar-refractivity contribution in [2.45, 2.75) is 51.1 Å². The van der Waals surface area contributed by atoms with E-state index in [0.717, 1.165) is 19.0 Å². The average Bonchev–Trinajstić information content (AvgIpc) is 2.47. The van der Waals surface area contributed by atoms with Crippen LogP contribution in [0.2, 0.25) is 0 Å². The Hall–Kier alpha value is -0.930. The molecule has 1 aromatic rings. The zero-order chi connectivity index (χ0) is 13.5. The number of pyridine rings is 1. The summed E-state index contributed by atoms with van der Waals surface area (Å²) in [7, 11) is 2.19. The van der Waals surface area contributed by atoms with Crippen LogP contribution in [0.25, 0.3) is 0 Å². The first kappa shape index (κ1) is 14.5. The normalized spacial score (nSPS) is 18.7. The van der Waals surface area contributed by atoms with Crippen molar-refractivity contribution in [2.24, 2.45) is 11.7 Å². The second-order valence-corrected chi connectivity index (χ2v) is 5.91. The van der Waals surface area contributed by atoms with Crippen LogP contribution >= 0.6 is 0 Å². The van der Waals surface area contributed by atoms with Crippen LogP contribution in [0.4, 0.5) is 0 Å². The topological polar surface area (TPSA) is 42.2 Å². The van der Waals surface area contributed by atoms with E-state index in [1.165, 1.54) is 44.1 Å². The minimum Gasteiger partial charge on any atom is -0.329 e. The van der Waals surface area contributed by atoms with Gasteiger partial charge in [0, 0.05) is 31.5 Å².